The fourth-order valence-corrected chi connectivity index (χ4v) is 1.81. The van der Waals surface area contributed by atoms with Gasteiger partial charge in [-0.15, -0.1) is 0 Å². The van der Waals surface area contributed by atoms with Gasteiger partial charge in [0.1, 0.15) is 5.54 Å². The van der Waals surface area contributed by atoms with E-state index < -0.39 is 17.7 Å². The van der Waals surface area contributed by atoms with Gasteiger partial charge in [-0.2, -0.15) is 13.2 Å². The lowest BCUT2D eigenvalue weighted by molar-refractivity contribution is -0.163. The number of halogens is 3. The molecule has 0 atom stereocenters. The number of hydrogen-bond donors (Lipinski definition) is 1. The highest BCUT2D eigenvalue weighted by Gasteiger charge is 2.64. The van der Waals surface area contributed by atoms with Crippen molar-refractivity contribution in [2.24, 2.45) is 0 Å². The van der Waals surface area contributed by atoms with Crippen LogP contribution in [-0.2, 0) is 0 Å². The lowest BCUT2D eigenvalue weighted by Crippen LogP contribution is -2.52. The van der Waals surface area contributed by atoms with Crippen molar-refractivity contribution in [1.82, 2.24) is 10.2 Å². The van der Waals surface area contributed by atoms with E-state index in [1.54, 1.807) is 0 Å². The van der Waals surface area contributed by atoms with E-state index in [0.29, 0.717) is 13.1 Å². The maximum absolute atomic E-state index is 12.5. The Bertz CT molecular complexity index is 267. The molecule has 2 rings (SSSR count). The number of nitrogens with zero attached hydrogens (tertiary/aromatic N) is 1. The topological polar surface area (TPSA) is 32.3 Å². The molecule has 2 amide bonds. The Morgan fingerprint density at radius 1 is 1.20 bits per heavy atom. The highest BCUT2D eigenvalue weighted by atomic mass is 19.4. The maximum atomic E-state index is 12.5. The van der Waals surface area contributed by atoms with E-state index in [9.17, 15) is 18.0 Å². The van der Waals surface area contributed by atoms with Crippen molar-refractivity contribution < 1.29 is 18.0 Å². The third-order valence-corrected chi connectivity index (χ3v) is 3.03. The van der Waals surface area contributed by atoms with Gasteiger partial charge < -0.3 is 10.2 Å². The molecule has 6 heteroatoms. The average molecular weight is 222 g/mol. The third-order valence-electron chi connectivity index (χ3n) is 3.03. The molecular formula is C9H13F3N2O. The number of urea groups is 1. The van der Waals surface area contributed by atoms with Crippen molar-refractivity contribution >= 4 is 6.03 Å². The quantitative estimate of drug-likeness (QED) is 0.721. The zero-order chi connectivity index (χ0) is 11.1. The summed E-state index contributed by atoms with van der Waals surface area (Å²) >= 11 is 0. The van der Waals surface area contributed by atoms with Crippen molar-refractivity contribution in [2.45, 2.75) is 37.4 Å². The Morgan fingerprint density at radius 3 is 2.13 bits per heavy atom. The minimum Gasteiger partial charge on any atom is -0.325 e. The molecule has 0 bridgehead atoms. The number of carbonyl (C=O) groups is 1. The highest BCUT2D eigenvalue weighted by molar-refractivity contribution is 5.76. The van der Waals surface area contributed by atoms with E-state index in [-0.39, 0.29) is 12.8 Å². The zero-order valence-electron chi connectivity index (χ0n) is 8.23. The minimum absolute atomic E-state index is 0.0100. The second-order valence-corrected chi connectivity index (χ2v) is 4.20. The van der Waals surface area contributed by atoms with Crippen molar-refractivity contribution in [3.05, 3.63) is 0 Å². The minimum atomic E-state index is -4.32. The summed E-state index contributed by atoms with van der Waals surface area (Å²) in [6, 6.07) is -0.567. The molecule has 0 aromatic heterocycles. The first-order valence-electron chi connectivity index (χ1n) is 5.08. The second-order valence-electron chi connectivity index (χ2n) is 4.20. The summed E-state index contributed by atoms with van der Waals surface area (Å²) in [6.07, 6.45) is -2.53. The van der Waals surface area contributed by atoms with E-state index in [2.05, 4.69) is 5.32 Å². The SMILES string of the molecule is O=C(NC1(C(F)(F)F)CC1)N1CCCC1. The Labute approximate surface area is 85.6 Å². The van der Waals surface area contributed by atoms with Gasteiger partial charge in [-0.25, -0.2) is 4.79 Å². The molecule has 0 aromatic rings. The van der Waals surface area contributed by atoms with Gasteiger partial charge in [0.2, 0.25) is 0 Å². The average Bonchev–Trinajstić information content (AvgIpc) is 2.74. The fraction of sp³-hybridized carbons (Fsp3) is 0.889. The van der Waals surface area contributed by atoms with Crippen LogP contribution in [0.2, 0.25) is 0 Å². The first kappa shape index (κ1) is 10.6. The molecule has 1 N–H and O–H groups in total. The number of rotatable bonds is 1. The highest BCUT2D eigenvalue weighted by Crippen LogP contribution is 2.49. The summed E-state index contributed by atoms with van der Waals surface area (Å²) in [5.74, 6) is 0. The van der Waals surface area contributed by atoms with E-state index in [4.69, 9.17) is 0 Å². The number of hydrogen-bond acceptors (Lipinski definition) is 1. The molecule has 2 aliphatic rings. The fourth-order valence-electron chi connectivity index (χ4n) is 1.81. The predicted octanol–water partition coefficient (Wildman–Crippen LogP) is 1.89. The first-order chi connectivity index (χ1) is 6.95. The summed E-state index contributed by atoms with van der Waals surface area (Å²) in [7, 11) is 0. The zero-order valence-corrected chi connectivity index (χ0v) is 8.23. The van der Waals surface area contributed by atoms with E-state index in [0.717, 1.165) is 12.8 Å². The number of amides is 2. The Kier molecular flexibility index (Phi) is 2.31. The van der Waals surface area contributed by atoms with Crippen molar-refractivity contribution in [2.75, 3.05) is 13.1 Å². The Hall–Kier alpha value is -0.940. The Morgan fingerprint density at radius 2 is 1.73 bits per heavy atom. The van der Waals surface area contributed by atoms with Gasteiger partial charge in [-0.05, 0) is 25.7 Å². The van der Waals surface area contributed by atoms with E-state index in [1.165, 1.54) is 4.90 Å². The number of nitrogens with one attached hydrogen (secondary N) is 1. The molecule has 0 radical (unpaired) electrons. The van der Waals surface area contributed by atoms with Crippen LogP contribution in [0.3, 0.4) is 0 Å². The number of likely N-dealkylation sites (tertiary alicyclic amines) is 1. The van der Waals surface area contributed by atoms with Crippen LogP contribution in [0.15, 0.2) is 0 Å². The van der Waals surface area contributed by atoms with Crippen LogP contribution in [-0.4, -0.2) is 35.7 Å². The maximum Gasteiger partial charge on any atom is 0.411 e. The molecule has 1 saturated heterocycles. The molecular weight excluding hydrogens is 209 g/mol. The van der Waals surface area contributed by atoms with Crippen molar-refractivity contribution in [1.29, 1.82) is 0 Å². The molecule has 1 heterocycles. The van der Waals surface area contributed by atoms with Crippen molar-refractivity contribution in [3.8, 4) is 0 Å². The van der Waals surface area contributed by atoms with Crippen LogP contribution in [0.4, 0.5) is 18.0 Å². The summed E-state index contributed by atoms with van der Waals surface area (Å²) in [4.78, 5) is 12.9. The third kappa shape index (κ3) is 1.89. The summed E-state index contributed by atoms with van der Waals surface area (Å²) in [6.45, 7) is 1.14. The summed E-state index contributed by atoms with van der Waals surface area (Å²) < 4.78 is 37.5. The van der Waals surface area contributed by atoms with Gasteiger partial charge >= 0.3 is 12.2 Å². The smallest absolute Gasteiger partial charge is 0.325 e. The molecule has 1 aliphatic carbocycles. The van der Waals surface area contributed by atoms with Gasteiger partial charge in [0.15, 0.2) is 0 Å². The van der Waals surface area contributed by atoms with E-state index >= 15 is 0 Å². The molecule has 3 nitrogen and oxygen atoms in total. The summed E-state index contributed by atoms with van der Waals surface area (Å²) in [5.41, 5.74) is -1.92. The molecule has 1 aliphatic heterocycles. The van der Waals surface area contributed by atoms with Gasteiger partial charge in [0, 0.05) is 13.1 Å². The second kappa shape index (κ2) is 3.28. The molecule has 2 fully saturated rings. The number of carbonyl (C=O) groups excluding carboxylic acids is 1. The van der Waals surface area contributed by atoms with Gasteiger partial charge in [-0.1, -0.05) is 0 Å². The lowest BCUT2D eigenvalue weighted by atomic mass is 10.2. The normalized spacial score (nSPS) is 24.1. The molecule has 1 saturated carbocycles. The monoisotopic (exact) mass is 222 g/mol. The lowest BCUT2D eigenvalue weighted by Gasteiger charge is -2.24. The summed E-state index contributed by atoms with van der Waals surface area (Å²) in [5, 5.41) is 2.11. The number of alkyl halides is 3. The van der Waals surface area contributed by atoms with Gasteiger partial charge in [0.25, 0.3) is 0 Å². The van der Waals surface area contributed by atoms with Crippen LogP contribution in [0, 0.1) is 0 Å². The van der Waals surface area contributed by atoms with Crippen LogP contribution in [0.1, 0.15) is 25.7 Å². The van der Waals surface area contributed by atoms with Crippen molar-refractivity contribution in [3.63, 3.8) is 0 Å². The largest absolute Gasteiger partial charge is 0.411 e. The van der Waals surface area contributed by atoms with E-state index in [1.807, 2.05) is 0 Å². The molecule has 0 aromatic carbocycles. The van der Waals surface area contributed by atoms with Gasteiger partial charge in [-0.3, -0.25) is 0 Å². The van der Waals surface area contributed by atoms with Gasteiger partial charge in [0.05, 0.1) is 0 Å². The molecule has 0 unspecified atom stereocenters. The van der Waals surface area contributed by atoms with Crippen LogP contribution < -0.4 is 5.32 Å². The first-order valence-corrected chi connectivity index (χ1v) is 5.08. The molecule has 0 spiro atoms. The molecule has 86 valence electrons. The standard InChI is InChI=1S/C9H13F3N2O/c10-9(11,12)8(3-4-8)13-7(15)14-5-1-2-6-14/h1-6H2,(H,13,15). The van der Waals surface area contributed by atoms with Crippen LogP contribution in [0.25, 0.3) is 0 Å². The Balaban J connectivity index is 1.94. The predicted molar refractivity (Wildman–Crippen MR) is 47.4 cm³/mol. The van der Waals surface area contributed by atoms with Crippen LogP contribution in [0.5, 0.6) is 0 Å². The molecule has 15 heavy (non-hydrogen) atoms. The van der Waals surface area contributed by atoms with Crippen LogP contribution >= 0.6 is 0 Å².